The van der Waals surface area contributed by atoms with Gasteiger partial charge in [0.1, 0.15) is 0 Å². The zero-order valence-electron chi connectivity index (χ0n) is 16.2. The van der Waals surface area contributed by atoms with E-state index in [1.165, 1.54) is 0 Å². The van der Waals surface area contributed by atoms with Crippen LogP contribution in [-0.4, -0.2) is 48.3 Å². The van der Waals surface area contributed by atoms with Crippen molar-refractivity contribution in [1.29, 1.82) is 0 Å². The van der Waals surface area contributed by atoms with Crippen LogP contribution in [0, 0.1) is 17.8 Å². The average molecular weight is 364 g/mol. The highest BCUT2D eigenvalue weighted by Crippen LogP contribution is 2.50. The highest BCUT2D eigenvalue weighted by atomic mass is 16.6. The predicted octanol–water partition coefficient (Wildman–Crippen LogP) is 1.77. The summed E-state index contributed by atoms with van der Waals surface area (Å²) < 4.78 is 11.3. The Balaban J connectivity index is 1.12. The van der Waals surface area contributed by atoms with E-state index in [2.05, 4.69) is 31.4 Å². The lowest BCUT2D eigenvalue weighted by atomic mass is 9.82. The smallest absolute Gasteiger partial charge is 0.223 e. The maximum atomic E-state index is 12.4. The monoisotopic (exact) mass is 364 g/mol. The van der Waals surface area contributed by atoms with Gasteiger partial charge in [0.2, 0.25) is 11.8 Å². The van der Waals surface area contributed by atoms with Gasteiger partial charge in [-0.3, -0.25) is 9.59 Å². The molecule has 6 nitrogen and oxygen atoms in total. The zero-order chi connectivity index (χ0) is 18.5. The Morgan fingerprint density at radius 3 is 1.73 bits per heavy atom. The molecule has 6 heteroatoms. The van der Waals surface area contributed by atoms with Crippen molar-refractivity contribution in [2.75, 3.05) is 13.1 Å². The Kier molecular flexibility index (Phi) is 4.55. The van der Waals surface area contributed by atoms with E-state index in [0.29, 0.717) is 13.1 Å². The van der Waals surface area contributed by atoms with Crippen LogP contribution in [0.3, 0.4) is 0 Å². The van der Waals surface area contributed by atoms with Gasteiger partial charge in [-0.05, 0) is 58.3 Å². The van der Waals surface area contributed by atoms with Crippen LogP contribution >= 0.6 is 0 Å². The number of carbonyl (C=O) groups excluding carboxylic acids is 2. The summed E-state index contributed by atoms with van der Waals surface area (Å²) >= 11 is 0. The molecule has 0 bridgehead atoms. The highest BCUT2D eigenvalue weighted by molar-refractivity contribution is 5.79. The molecular formula is C20H32N2O4. The summed E-state index contributed by atoms with van der Waals surface area (Å²) in [4.78, 5) is 24.7. The molecule has 146 valence electrons. The third-order valence-electron chi connectivity index (χ3n) is 7.04. The van der Waals surface area contributed by atoms with Crippen molar-refractivity contribution in [2.45, 2.75) is 82.7 Å². The Labute approximate surface area is 155 Å². The van der Waals surface area contributed by atoms with E-state index in [0.717, 1.165) is 38.5 Å². The lowest BCUT2D eigenvalue weighted by Gasteiger charge is -2.24. The Morgan fingerprint density at radius 1 is 0.923 bits per heavy atom. The molecule has 26 heavy (non-hydrogen) atoms. The number of carbonyl (C=O) groups is 2. The number of hydrogen-bond acceptors (Lipinski definition) is 4. The van der Waals surface area contributed by atoms with E-state index < -0.39 is 0 Å². The van der Waals surface area contributed by atoms with Crippen molar-refractivity contribution < 1.29 is 19.1 Å². The Bertz CT molecular complexity index is 546. The lowest BCUT2D eigenvalue weighted by molar-refractivity contribution is -0.126. The first kappa shape index (κ1) is 18.2. The second kappa shape index (κ2) is 6.48. The van der Waals surface area contributed by atoms with Crippen molar-refractivity contribution in [3.8, 4) is 0 Å². The van der Waals surface area contributed by atoms with Gasteiger partial charge in [0.05, 0.1) is 23.4 Å². The molecule has 0 radical (unpaired) electrons. The van der Waals surface area contributed by atoms with Gasteiger partial charge in [0.15, 0.2) is 0 Å². The third kappa shape index (κ3) is 3.63. The minimum absolute atomic E-state index is 0.0520. The number of amides is 2. The van der Waals surface area contributed by atoms with E-state index in [-0.39, 0.29) is 53.0 Å². The lowest BCUT2D eigenvalue weighted by Crippen LogP contribution is -2.41. The van der Waals surface area contributed by atoms with Gasteiger partial charge in [0.25, 0.3) is 0 Å². The molecule has 6 atom stereocenters. The van der Waals surface area contributed by atoms with E-state index in [9.17, 15) is 9.59 Å². The van der Waals surface area contributed by atoms with Gasteiger partial charge in [-0.1, -0.05) is 6.92 Å². The Hall–Kier alpha value is -1.14. The average Bonchev–Trinajstić information content (AvgIpc) is 3.48. The summed E-state index contributed by atoms with van der Waals surface area (Å²) in [5, 5.41) is 6.12. The van der Waals surface area contributed by atoms with Crippen LogP contribution in [0.5, 0.6) is 0 Å². The molecule has 4 rings (SSSR count). The zero-order valence-corrected chi connectivity index (χ0v) is 16.2. The molecule has 4 fully saturated rings. The number of ether oxygens (including phenoxy) is 2. The van der Waals surface area contributed by atoms with E-state index >= 15 is 0 Å². The molecule has 2 aliphatic heterocycles. The standard InChI is InChI=1S/C20H32N2O4/c1-12(10-21-17(23)13-4-6-19(2)15(8-13)25-19)11-22-18(24)14-5-7-20(3)16(9-14)26-20/h12-16H,4-11H2,1-3H3,(H,21,23)(H,22,24). The second-order valence-electron chi connectivity index (χ2n) is 9.38. The van der Waals surface area contributed by atoms with Gasteiger partial charge in [0, 0.05) is 24.9 Å². The summed E-state index contributed by atoms with van der Waals surface area (Å²) in [6.45, 7) is 7.54. The van der Waals surface area contributed by atoms with Crippen LogP contribution in [0.4, 0.5) is 0 Å². The molecule has 2 saturated carbocycles. The van der Waals surface area contributed by atoms with Gasteiger partial charge in [-0.25, -0.2) is 0 Å². The largest absolute Gasteiger partial charge is 0.366 e. The third-order valence-corrected chi connectivity index (χ3v) is 7.04. The molecule has 2 aliphatic carbocycles. The number of fused-ring (bicyclic) bond motifs is 2. The molecule has 0 aromatic carbocycles. The minimum atomic E-state index is 0.0520. The molecule has 2 saturated heterocycles. The first-order valence-electron chi connectivity index (χ1n) is 10.2. The van der Waals surface area contributed by atoms with Crippen LogP contribution in [0.15, 0.2) is 0 Å². The highest BCUT2D eigenvalue weighted by Gasteiger charge is 2.57. The van der Waals surface area contributed by atoms with Crippen LogP contribution in [-0.2, 0) is 19.1 Å². The van der Waals surface area contributed by atoms with Crippen molar-refractivity contribution in [2.24, 2.45) is 17.8 Å². The molecule has 2 heterocycles. The number of hydrogen-bond donors (Lipinski definition) is 2. The second-order valence-corrected chi connectivity index (χ2v) is 9.38. The fourth-order valence-corrected chi connectivity index (χ4v) is 4.68. The predicted molar refractivity (Wildman–Crippen MR) is 96.4 cm³/mol. The topological polar surface area (TPSA) is 83.3 Å². The van der Waals surface area contributed by atoms with Gasteiger partial charge < -0.3 is 20.1 Å². The molecule has 0 spiro atoms. The van der Waals surface area contributed by atoms with Gasteiger partial charge in [-0.15, -0.1) is 0 Å². The molecule has 0 aromatic heterocycles. The molecule has 0 aromatic rings. The summed E-state index contributed by atoms with van der Waals surface area (Å²) in [5.74, 6) is 0.649. The van der Waals surface area contributed by atoms with Crippen molar-refractivity contribution >= 4 is 11.8 Å². The fraction of sp³-hybridized carbons (Fsp3) is 0.900. The molecule has 2 N–H and O–H groups in total. The quantitative estimate of drug-likeness (QED) is 0.704. The van der Waals surface area contributed by atoms with Crippen LogP contribution in [0.2, 0.25) is 0 Å². The Morgan fingerprint density at radius 2 is 1.35 bits per heavy atom. The number of rotatable bonds is 6. The molecule has 4 aliphatic rings. The summed E-state index contributed by atoms with van der Waals surface area (Å²) in [6.07, 6.45) is 6.02. The van der Waals surface area contributed by atoms with Crippen molar-refractivity contribution in [3.63, 3.8) is 0 Å². The first-order valence-corrected chi connectivity index (χ1v) is 10.2. The molecular weight excluding hydrogens is 332 g/mol. The number of nitrogens with one attached hydrogen (secondary N) is 2. The van der Waals surface area contributed by atoms with Gasteiger partial charge in [-0.2, -0.15) is 0 Å². The normalized spacial score (nSPS) is 44.3. The maximum Gasteiger partial charge on any atom is 0.223 e. The summed E-state index contributed by atoms with van der Waals surface area (Å²) in [6, 6.07) is 0. The minimum Gasteiger partial charge on any atom is -0.366 e. The van der Waals surface area contributed by atoms with Crippen molar-refractivity contribution in [1.82, 2.24) is 10.6 Å². The first-order chi connectivity index (χ1) is 12.3. The van der Waals surface area contributed by atoms with Gasteiger partial charge >= 0.3 is 0 Å². The van der Waals surface area contributed by atoms with E-state index in [4.69, 9.17) is 9.47 Å². The van der Waals surface area contributed by atoms with Crippen LogP contribution in [0.25, 0.3) is 0 Å². The van der Waals surface area contributed by atoms with Crippen LogP contribution in [0.1, 0.15) is 59.3 Å². The summed E-state index contributed by atoms with van der Waals surface area (Å²) in [5.41, 5.74) is 0.104. The van der Waals surface area contributed by atoms with Crippen molar-refractivity contribution in [3.05, 3.63) is 0 Å². The summed E-state index contributed by atoms with van der Waals surface area (Å²) in [7, 11) is 0. The fourth-order valence-electron chi connectivity index (χ4n) is 4.68. The molecule has 2 amide bonds. The number of epoxide rings is 2. The molecule has 6 unspecified atom stereocenters. The maximum absolute atomic E-state index is 12.4. The van der Waals surface area contributed by atoms with E-state index in [1.54, 1.807) is 0 Å². The SMILES string of the molecule is CC(CNC(=O)C1CCC2(C)OC2C1)CNC(=O)C1CCC2(C)OC2C1. The van der Waals surface area contributed by atoms with Crippen LogP contribution < -0.4 is 10.6 Å². The van der Waals surface area contributed by atoms with E-state index in [1.807, 2.05) is 0 Å².